The smallest absolute Gasteiger partial charge is 0.196 e. The largest absolute Gasteiger partial charge is 0.300 e. The molecule has 1 aromatic heterocycles. The lowest BCUT2D eigenvalue weighted by Gasteiger charge is -2.20. The molecular weight excluding hydrogens is 416 g/mol. The maximum atomic E-state index is 12.9. The third-order valence-electron chi connectivity index (χ3n) is 5.36. The van der Waals surface area contributed by atoms with Gasteiger partial charge in [0.2, 0.25) is 0 Å². The highest BCUT2D eigenvalue weighted by atomic mass is 35.5. The zero-order chi connectivity index (χ0) is 22.0. The van der Waals surface area contributed by atoms with Crippen LogP contribution in [0.5, 0.6) is 0 Å². The zero-order valence-electron chi connectivity index (χ0n) is 18.2. The Hall–Kier alpha value is -2.15. The maximum Gasteiger partial charge on any atom is 0.196 e. The Balaban J connectivity index is 1.92. The van der Waals surface area contributed by atoms with E-state index in [0.29, 0.717) is 15.9 Å². The fourth-order valence-corrected chi connectivity index (χ4v) is 4.15. The number of benzene rings is 2. The summed E-state index contributed by atoms with van der Waals surface area (Å²) < 4.78 is 2.01. The summed E-state index contributed by atoms with van der Waals surface area (Å²) in [7, 11) is 4.01. The van der Waals surface area contributed by atoms with Crippen LogP contribution in [0.3, 0.4) is 0 Å². The van der Waals surface area contributed by atoms with Gasteiger partial charge in [0.25, 0.3) is 0 Å². The van der Waals surface area contributed by atoms with Crippen molar-refractivity contribution in [3.8, 4) is 5.69 Å². The number of ketones is 1. The Labute approximate surface area is 187 Å². The molecule has 3 aromatic rings. The fraction of sp³-hybridized carbons (Fsp3) is 0.348. The van der Waals surface area contributed by atoms with Gasteiger partial charge < -0.3 is 0 Å². The average Bonchev–Trinajstić information content (AvgIpc) is 3.12. The number of halogens is 1. The first-order valence-electron chi connectivity index (χ1n) is 9.80. The fourth-order valence-electron chi connectivity index (χ4n) is 3.18. The van der Waals surface area contributed by atoms with E-state index in [1.54, 1.807) is 0 Å². The molecule has 0 unspecified atom stereocenters. The van der Waals surface area contributed by atoms with E-state index in [2.05, 4.69) is 35.0 Å². The van der Waals surface area contributed by atoms with Gasteiger partial charge in [-0.05, 0) is 88.8 Å². The first kappa shape index (κ1) is 22.5. The molecule has 2 aromatic carbocycles. The van der Waals surface area contributed by atoms with Crippen LogP contribution in [-0.2, 0) is 0 Å². The minimum Gasteiger partial charge on any atom is -0.300 e. The summed E-state index contributed by atoms with van der Waals surface area (Å²) in [6.45, 7) is 8.16. The van der Waals surface area contributed by atoms with Crippen molar-refractivity contribution in [2.24, 2.45) is 0 Å². The molecule has 1 heterocycles. The lowest BCUT2D eigenvalue weighted by atomic mass is 9.99. The van der Waals surface area contributed by atoms with Crippen LogP contribution in [0.1, 0.15) is 45.8 Å². The summed E-state index contributed by atoms with van der Waals surface area (Å²) in [4.78, 5) is 15.0. The highest BCUT2D eigenvalue weighted by Crippen LogP contribution is 2.28. The Kier molecular flexibility index (Phi) is 7.01. The van der Waals surface area contributed by atoms with Crippen molar-refractivity contribution in [2.75, 3.05) is 19.8 Å². The normalized spacial score (nSPS) is 12.4. The van der Waals surface area contributed by atoms with Gasteiger partial charge in [0.15, 0.2) is 16.8 Å². The van der Waals surface area contributed by atoms with E-state index in [0.717, 1.165) is 28.2 Å². The first-order chi connectivity index (χ1) is 14.2. The number of nitrogens with zero attached hydrogens (tertiary/aromatic N) is 4. The number of aryl methyl sites for hydroxylation is 3. The van der Waals surface area contributed by atoms with Crippen LogP contribution < -0.4 is 0 Å². The van der Waals surface area contributed by atoms with Crippen molar-refractivity contribution in [2.45, 2.75) is 38.9 Å². The van der Waals surface area contributed by atoms with E-state index >= 15 is 0 Å². The van der Waals surface area contributed by atoms with Crippen LogP contribution >= 0.6 is 23.4 Å². The second kappa shape index (κ2) is 9.33. The number of thioether (sulfide) groups is 1. The van der Waals surface area contributed by atoms with Crippen molar-refractivity contribution in [1.29, 1.82) is 0 Å². The standard InChI is InChI=1S/C23H27ClN4OS/c1-14-11-16(3)20(12-15(14)2)21(29)13-30-23-26-25-22(17(4)27(5)6)28(23)19-9-7-18(24)8-10-19/h7-12,17H,13H2,1-6H3/t17-/m0/s1. The van der Waals surface area contributed by atoms with Gasteiger partial charge in [0.1, 0.15) is 0 Å². The number of rotatable bonds is 7. The van der Waals surface area contributed by atoms with Crippen LogP contribution in [-0.4, -0.2) is 45.3 Å². The molecule has 0 aliphatic carbocycles. The molecule has 0 saturated carbocycles. The molecule has 0 aliphatic heterocycles. The second-order valence-corrected chi connectivity index (χ2v) is 9.13. The Morgan fingerprint density at radius 2 is 1.70 bits per heavy atom. The van der Waals surface area contributed by atoms with E-state index in [1.807, 2.05) is 62.8 Å². The summed E-state index contributed by atoms with van der Waals surface area (Å²) in [5.41, 5.74) is 5.02. The van der Waals surface area contributed by atoms with E-state index in [1.165, 1.54) is 17.3 Å². The van der Waals surface area contributed by atoms with Gasteiger partial charge in [-0.1, -0.05) is 29.4 Å². The van der Waals surface area contributed by atoms with Crippen molar-refractivity contribution >= 4 is 29.1 Å². The predicted octanol–water partition coefficient (Wildman–Crippen LogP) is 5.44. The van der Waals surface area contributed by atoms with E-state index < -0.39 is 0 Å². The summed E-state index contributed by atoms with van der Waals surface area (Å²) in [6, 6.07) is 11.7. The number of carbonyl (C=O) groups is 1. The van der Waals surface area contributed by atoms with E-state index in [4.69, 9.17) is 11.6 Å². The number of hydrogen-bond acceptors (Lipinski definition) is 5. The molecule has 1 atom stereocenters. The number of carbonyl (C=O) groups excluding carboxylic acids is 1. The molecule has 30 heavy (non-hydrogen) atoms. The molecule has 0 aliphatic rings. The molecule has 3 rings (SSSR count). The summed E-state index contributed by atoms with van der Waals surface area (Å²) >= 11 is 7.48. The second-order valence-electron chi connectivity index (χ2n) is 7.76. The minimum absolute atomic E-state index is 0.0558. The van der Waals surface area contributed by atoms with Gasteiger partial charge in [0, 0.05) is 16.3 Å². The molecule has 0 amide bonds. The molecule has 5 nitrogen and oxygen atoms in total. The van der Waals surface area contributed by atoms with Gasteiger partial charge in [-0.15, -0.1) is 10.2 Å². The number of hydrogen-bond donors (Lipinski definition) is 0. The summed E-state index contributed by atoms with van der Waals surface area (Å²) in [5, 5.41) is 10.2. The number of aromatic nitrogens is 3. The molecule has 158 valence electrons. The SMILES string of the molecule is Cc1cc(C)c(C(=O)CSc2nnc([C@H](C)N(C)C)n2-c2ccc(Cl)cc2)cc1C. The highest BCUT2D eigenvalue weighted by Gasteiger charge is 2.22. The Bertz CT molecular complexity index is 1060. The van der Waals surface area contributed by atoms with Crippen molar-refractivity contribution in [3.63, 3.8) is 0 Å². The van der Waals surface area contributed by atoms with Gasteiger partial charge in [-0.25, -0.2) is 0 Å². The van der Waals surface area contributed by atoms with Crippen LogP contribution in [0.4, 0.5) is 0 Å². The third kappa shape index (κ3) is 4.77. The van der Waals surface area contributed by atoms with Crippen LogP contribution in [0.15, 0.2) is 41.6 Å². The maximum absolute atomic E-state index is 12.9. The van der Waals surface area contributed by atoms with Crippen LogP contribution in [0.25, 0.3) is 5.69 Å². The van der Waals surface area contributed by atoms with Crippen molar-refractivity contribution in [1.82, 2.24) is 19.7 Å². The topological polar surface area (TPSA) is 51.0 Å². The molecule has 0 N–H and O–H groups in total. The third-order valence-corrected chi connectivity index (χ3v) is 6.55. The molecule has 0 spiro atoms. The summed E-state index contributed by atoms with van der Waals surface area (Å²) in [5.74, 6) is 1.21. The number of Topliss-reactive ketones (excluding diaryl/α,β-unsaturated/α-hetero) is 1. The molecule has 0 fully saturated rings. The van der Waals surface area contributed by atoms with Gasteiger partial charge in [-0.3, -0.25) is 14.3 Å². The molecule has 0 radical (unpaired) electrons. The molecule has 0 bridgehead atoms. The van der Waals surface area contributed by atoms with Crippen LogP contribution in [0.2, 0.25) is 5.02 Å². The van der Waals surface area contributed by atoms with Crippen LogP contribution in [0, 0.1) is 20.8 Å². The monoisotopic (exact) mass is 442 g/mol. The van der Waals surface area contributed by atoms with Gasteiger partial charge in [0.05, 0.1) is 11.8 Å². The Morgan fingerprint density at radius 1 is 1.07 bits per heavy atom. The lowest BCUT2D eigenvalue weighted by molar-refractivity contribution is 0.102. The first-order valence-corrected chi connectivity index (χ1v) is 11.2. The highest BCUT2D eigenvalue weighted by molar-refractivity contribution is 7.99. The zero-order valence-corrected chi connectivity index (χ0v) is 19.8. The lowest BCUT2D eigenvalue weighted by Crippen LogP contribution is -2.20. The Morgan fingerprint density at radius 3 is 2.33 bits per heavy atom. The van der Waals surface area contributed by atoms with Crippen molar-refractivity contribution < 1.29 is 4.79 Å². The molecular formula is C23H27ClN4OS. The molecule has 7 heteroatoms. The van der Waals surface area contributed by atoms with E-state index in [-0.39, 0.29) is 11.8 Å². The quantitative estimate of drug-likeness (QED) is 0.360. The summed E-state index contributed by atoms with van der Waals surface area (Å²) in [6.07, 6.45) is 0. The van der Waals surface area contributed by atoms with Gasteiger partial charge >= 0.3 is 0 Å². The minimum atomic E-state index is 0.0558. The predicted molar refractivity (Wildman–Crippen MR) is 124 cm³/mol. The molecule has 0 saturated heterocycles. The average molecular weight is 443 g/mol. The van der Waals surface area contributed by atoms with Gasteiger partial charge in [-0.2, -0.15) is 0 Å². The van der Waals surface area contributed by atoms with E-state index in [9.17, 15) is 4.79 Å². The van der Waals surface area contributed by atoms with Crippen molar-refractivity contribution in [3.05, 3.63) is 69.5 Å².